The molecular formula is C16H19N7O6. The Balaban J connectivity index is 2.00. The van der Waals surface area contributed by atoms with Crippen molar-refractivity contribution in [2.75, 3.05) is 31.0 Å². The van der Waals surface area contributed by atoms with Crippen LogP contribution in [-0.4, -0.2) is 46.0 Å². The fraction of sp³-hybridized carbons (Fsp3) is 0.312. The van der Waals surface area contributed by atoms with Crippen LogP contribution < -0.4 is 16.2 Å². The van der Waals surface area contributed by atoms with Crippen molar-refractivity contribution in [1.29, 1.82) is 0 Å². The number of ether oxygens (including phenoxy) is 1. The number of aromatic nitrogens is 2. The maximum atomic E-state index is 12.1. The number of nitro benzene ring substituents is 1. The largest absolute Gasteiger partial charge is 0.385 e. The van der Waals surface area contributed by atoms with Gasteiger partial charge in [-0.1, -0.05) is 12.1 Å². The third kappa shape index (κ3) is 6.35. The number of methoxy groups -OCH3 is 1. The number of nitrogens with zero attached hydrogens (tertiary/aromatic N) is 4. The maximum Gasteiger partial charge on any atom is 0.354 e. The Morgan fingerprint density at radius 3 is 2.41 bits per heavy atom. The molecule has 3 N–H and O–H groups in total. The van der Waals surface area contributed by atoms with Crippen molar-refractivity contribution in [1.82, 2.24) is 15.4 Å². The molecule has 2 rings (SSSR count). The lowest BCUT2D eigenvalue weighted by molar-refractivity contribution is -0.384. The van der Waals surface area contributed by atoms with Gasteiger partial charge < -0.3 is 10.1 Å². The first-order chi connectivity index (χ1) is 13.9. The number of hydrogen-bond acceptors (Lipinski definition) is 10. The molecule has 1 heterocycles. The lowest BCUT2D eigenvalue weighted by Gasteiger charge is -2.11. The first kappa shape index (κ1) is 21.4. The number of amides is 1. The van der Waals surface area contributed by atoms with E-state index in [1.54, 1.807) is 7.11 Å². The molecule has 0 aliphatic rings. The molecule has 1 aromatic heterocycles. The SMILES string of the molecule is COCCCNc1ncnc(NNC(=O)Cc2ccc([N+](=O)[O-])cc2)c1[N+](=O)[O-]. The summed E-state index contributed by atoms with van der Waals surface area (Å²) in [5.74, 6) is -0.689. The van der Waals surface area contributed by atoms with Crippen LogP contribution in [0, 0.1) is 20.2 Å². The molecule has 2 aromatic rings. The van der Waals surface area contributed by atoms with Crippen molar-refractivity contribution < 1.29 is 19.4 Å². The smallest absolute Gasteiger partial charge is 0.354 e. The van der Waals surface area contributed by atoms with Gasteiger partial charge in [-0.25, -0.2) is 9.97 Å². The number of carbonyl (C=O) groups is 1. The Morgan fingerprint density at radius 2 is 1.79 bits per heavy atom. The first-order valence-corrected chi connectivity index (χ1v) is 8.42. The van der Waals surface area contributed by atoms with Gasteiger partial charge in [-0.05, 0) is 12.0 Å². The van der Waals surface area contributed by atoms with Gasteiger partial charge in [0.25, 0.3) is 5.69 Å². The highest BCUT2D eigenvalue weighted by atomic mass is 16.6. The lowest BCUT2D eigenvalue weighted by atomic mass is 10.1. The summed E-state index contributed by atoms with van der Waals surface area (Å²) < 4.78 is 4.91. The van der Waals surface area contributed by atoms with Gasteiger partial charge in [0.05, 0.1) is 16.3 Å². The van der Waals surface area contributed by atoms with E-state index in [0.717, 1.165) is 6.33 Å². The van der Waals surface area contributed by atoms with Gasteiger partial charge in [0.1, 0.15) is 6.33 Å². The van der Waals surface area contributed by atoms with E-state index in [-0.39, 0.29) is 23.7 Å². The normalized spacial score (nSPS) is 10.2. The zero-order valence-electron chi connectivity index (χ0n) is 15.5. The molecule has 0 atom stereocenters. The standard InChI is InChI=1S/C16H19N7O6/c1-29-8-2-7-17-15-14(23(27)28)16(19-10-18-15)21-20-13(24)9-11-3-5-12(6-4-11)22(25)26/h3-6,10H,2,7-9H2,1H3,(H,20,24)(H2,17,18,19,21). The van der Waals surface area contributed by atoms with Crippen LogP contribution in [0.25, 0.3) is 0 Å². The fourth-order valence-electron chi connectivity index (χ4n) is 2.29. The Bertz CT molecular complexity index is 875. The Hall–Kier alpha value is -3.87. The summed E-state index contributed by atoms with van der Waals surface area (Å²) in [6.45, 7) is 0.882. The highest BCUT2D eigenvalue weighted by Crippen LogP contribution is 2.28. The quantitative estimate of drug-likeness (QED) is 0.282. The van der Waals surface area contributed by atoms with Gasteiger partial charge in [-0.15, -0.1) is 0 Å². The Kier molecular flexibility index (Phi) is 7.73. The van der Waals surface area contributed by atoms with E-state index in [2.05, 4.69) is 26.1 Å². The summed E-state index contributed by atoms with van der Waals surface area (Å²) >= 11 is 0. The first-order valence-electron chi connectivity index (χ1n) is 8.42. The minimum atomic E-state index is -0.663. The molecule has 13 heteroatoms. The van der Waals surface area contributed by atoms with Crippen LogP contribution >= 0.6 is 0 Å². The molecule has 1 aromatic carbocycles. The van der Waals surface area contributed by atoms with Crippen molar-refractivity contribution >= 4 is 28.9 Å². The van der Waals surface area contributed by atoms with E-state index in [1.165, 1.54) is 24.3 Å². The fourth-order valence-corrected chi connectivity index (χ4v) is 2.29. The average molecular weight is 405 g/mol. The molecule has 0 unspecified atom stereocenters. The minimum Gasteiger partial charge on any atom is -0.385 e. The number of benzene rings is 1. The van der Waals surface area contributed by atoms with Crippen molar-refractivity contribution in [2.45, 2.75) is 12.8 Å². The van der Waals surface area contributed by atoms with Crippen LogP contribution in [-0.2, 0) is 16.0 Å². The lowest BCUT2D eigenvalue weighted by Crippen LogP contribution is -2.31. The highest BCUT2D eigenvalue weighted by molar-refractivity contribution is 5.81. The summed E-state index contributed by atoms with van der Waals surface area (Å²) in [7, 11) is 1.55. The van der Waals surface area contributed by atoms with Crippen molar-refractivity contribution in [3.8, 4) is 0 Å². The second kappa shape index (κ2) is 10.5. The van der Waals surface area contributed by atoms with Crippen LogP contribution in [0.1, 0.15) is 12.0 Å². The second-order valence-corrected chi connectivity index (χ2v) is 5.72. The van der Waals surface area contributed by atoms with E-state index in [4.69, 9.17) is 4.74 Å². The topological polar surface area (TPSA) is 174 Å². The molecule has 0 spiro atoms. The van der Waals surface area contributed by atoms with E-state index in [0.29, 0.717) is 25.1 Å². The third-order valence-electron chi connectivity index (χ3n) is 3.65. The minimum absolute atomic E-state index is 0.00761. The van der Waals surface area contributed by atoms with Crippen LogP contribution in [0.4, 0.5) is 23.0 Å². The van der Waals surface area contributed by atoms with Crippen LogP contribution in [0.5, 0.6) is 0 Å². The molecule has 0 radical (unpaired) electrons. The number of hydrazine groups is 1. The number of rotatable bonds is 11. The molecular weight excluding hydrogens is 386 g/mol. The van der Waals surface area contributed by atoms with Gasteiger partial charge in [0.2, 0.25) is 17.5 Å². The number of nitrogens with one attached hydrogen (secondary N) is 3. The number of carbonyl (C=O) groups excluding carboxylic acids is 1. The van der Waals surface area contributed by atoms with Crippen molar-refractivity contribution in [2.24, 2.45) is 0 Å². The number of non-ortho nitro benzene ring substituents is 1. The Morgan fingerprint density at radius 1 is 1.10 bits per heavy atom. The molecule has 0 fully saturated rings. The predicted octanol–water partition coefficient (Wildman–Crippen LogP) is 1.43. The molecule has 0 saturated heterocycles. The number of hydrogen-bond donors (Lipinski definition) is 3. The highest BCUT2D eigenvalue weighted by Gasteiger charge is 2.23. The van der Waals surface area contributed by atoms with Crippen molar-refractivity contribution in [3.63, 3.8) is 0 Å². The van der Waals surface area contributed by atoms with Crippen LogP contribution in [0.2, 0.25) is 0 Å². The van der Waals surface area contributed by atoms with E-state index in [1.807, 2.05) is 0 Å². The van der Waals surface area contributed by atoms with Crippen LogP contribution in [0.3, 0.4) is 0 Å². The monoisotopic (exact) mass is 405 g/mol. The van der Waals surface area contributed by atoms with Gasteiger partial charge in [-0.2, -0.15) is 0 Å². The predicted molar refractivity (Wildman–Crippen MR) is 102 cm³/mol. The molecule has 29 heavy (non-hydrogen) atoms. The molecule has 0 bridgehead atoms. The summed E-state index contributed by atoms with van der Waals surface area (Å²) in [5.41, 5.74) is 4.77. The maximum absolute atomic E-state index is 12.1. The molecule has 1 amide bonds. The van der Waals surface area contributed by atoms with E-state index < -0.39 is 21.4 Å². The van der Waals surface area contributed by atoms with Gasteiger partial charge in [0.15, 0.2) is 0 Å². The average Bonchev–Trinajstić information content (AvgIpc) is 2.70. The molecule has 0 saturated carbocycles. The van der Waals surface area contributed by atoms with Gasteiger partial charge in [-0.3, -0.25) is 35.9 Å². The summed E-state index contributed by atoms with van der Waals surface area (Å²) in [4.78, 5) is 40.6. The van der Waals surface area contributed by atoms with E-state index >= 15 is 0 Å². The molecule has 13 nitrogen and oxygen atoms in total. The van der Waals surface area contributed by atoms with E-state index in [9.17, 15) is 25.0 Å². The number of nitro groups is 2. The summed E-state index contributed by atoms with van der Waals surface area (Å²) in [5, 5.41) is 24.9. The number of anilines is 2. The second-order valence-electron chi connectivity index (χ2n) is 5.72. The molecule has 154 valence electrons. The Labute approximate surface area is 164 Å². The third-order valence-corrected chi connectivity index (χ3v) is 3.65. The van der Waals surface area contributed by atoms with Crippen molar-refractivity contribution in [3.05, 3.63) is 56.4 Å². The summed E-state index contributed by atoms with van der Waals surface area (Å²) in [6, 6.07) is 5.47. The molecule has 0 aliphatic heterocycles. The van der Waals surface area contributed by atoms with Gasteiger partial charge >= 0.3 is 5.69 Å². The van der Waals surface area contributed by atoms with Crippen LogP contribution in [0.15, 0.2) is 30.6 Å². The molecule has 0 aliphatic carbocycles. The summed E-state index contributed by atoms with van der Waals surface area (Å²) in [6.07, 6.45) is 1.65. The zero-order valence-corrected chi connectivity index (χ0v) is 15.5. The zero-order chi connectivity index (χ0) is 21.2. The van der Waals surface area contributed by atoms with Gasteiger partial charge in [0, 0.05) is 32.4 Å².